The Morgan fingerprint density at radius 3 is 2.93 bits per heavy atom. The molecule has 0 aromatic carbocycles. The summed E-state index contributed by atoms with van der Waals surface area (Å²) in [5, 5.41) is 0. The number of nitrogens with zero attached hydrogens (tertiary/aromatic N) is 1. The number of aryl methyl sites for hydroxylation is 1. The third-order valence-corrected chi connectivity index (χ3v) is 2.55. The Kier molecular flexibility index (Phi) is 4.03. The minimum Gasteiger partial charge on any atom is -0.456 e. The van der Waals surface area contributed by atoms with Gasteiger partial charge in [0.15, 0.2) is 0 Å². The van der Waals surface area contributed by atoms with E-state index in [0.29, 0.717) is 17.2 Å². The number of aromatic nitrogens is 1. The first-order valence-electron chi connectivity index (χ1n) is 4.25. The number of carbonyl (C=O) groups is 1. The Hall–Kier alpha value is -0.940. The monoisotopic (exact) mass is 215 g/mol. The molecule has 0 saturated heterocycles. The number of rotatable bonds is 4. The number of carbonyl (C=O) groups excluding carboxylic acids is 1. The van der Waals surface area contributed by atoms with Crippen molar-refractivity contribution in [3.63, 3.8) is 0 Å². The van der Waals surface area contributed by atoms with Crippen LogP contribution in [0.2, 0.25) is 0 Å². The zero-order valence-electron chi connectivity index (χ0n) is 8.44. The Balaban J connectivity index is 2.55. The Bertz CT molecular complexity index is 311. The molecule has 0 N–H and O–H groups in total. The van der Waals surface area contributed by atoms with Crippen LogP contribution >= 0.6 is 11.3 Å². The predicted molar refractivity (Wildman–Crippen MR) is 53.6 cm³/mol. The lowest BCUT2D eigenvalue weighted by atomic mass is 10.4. The predicted octanol–water partition coefficient (Wildman–Crippen LogP) is 1.64. The molecule has 1 heterocycles. The minimum atomic E-state index is -0.324. The van der Waals surface area contributed by atoms with Gasteiger partial charge >= 0.3 is 5.97 Å². The topological polar surface area (TPSA) is 48.4 Å². The highest BCUT2D eigenvalue weighted by Crippen LogP contribution is 2.14. The SMILES string of the molecule is COCC(C)OC(=O)c1scnc1C. The minimum absolute atomic E-state index is 0.228. The van der Waals surface area contributed by atoms with Crippen molar-refractivity contribution in [1.82, 2.24) is 4.98 Å². The molecule has 0 fully saturated rings. The van der Waals surface area contributed by atoms with E-state index in [1.807, 2.05) is 0 Å². The zero-order chi connectivity index (χ0) is 10.6. The van der Waals surface area contributed by atoms with Gasteiger partial charge in [-0.25, -0.2) is 9.78 Å². The second-order valence-corrected chi connectivity index (χ2v) is 3.79. The fourth-order valence-electron chi connectivity index (χ4n) is 1.00. The van der Waals surface area contributed by atoms with Crippen molar-refractivity contribution in [3.8, 4) is 0 Å². The first kappa shape index (κ1) is 11.1. The van der Waals surface area contributed by atoms with Crippen LogP contribution < -0.4 is 0 Å². The quantitative estimate of drug-likeness (QED) is 0.716. The van der Waals surface area contributed by atoms with Crippen molar-refractivity contribution in [2.45, 2.75) is 20.0 Å². The van der Waals surface area contributed by atoms with Crippen LogP contribution in [0, 0.1) is 6.92 Å². The van der Waals surface area contributed by atoms with Gasteiger partial charge in [-0.2, -0.15) is 0 Å². The molecular formula is C9H13NO3S. The highest BCUT2D eigenvalue weighted by molar-refractivity contribution is 7.11. The van der Waals surface area contributed by atoms with Crippen LogP contribution in [-0.2, 0) is 9.47 Å². The lowest BCUT2D eigenvalue weighted by molar-refractivity contribution is 0.0124. The summed E-state index contributed by atoms with van der Waals surface area (Å²) in [5.41, 5.74) is 2.34. The number of ether oxygens (including phenoxy) is 2. The van der Waals surface area contributed by atoms with Crippen molar-refractivity contribution in [1.29, 1.82) is 0 Å². The second kappa shape index (κ2) is 5.07. The number of hydrogen-bond acceptors (Lipinski definition) is 5. The van der Waals surface area contributed by atoms with Gasteiger partial charge < -0.3 is 9.47 Å². The van der Waals surface area contributed by atoms with Crippen molar-refractivity contribution >= 4 is 17.3 Å². The lowest BCUT2D eigenvalue weighted by Gasteiger charge is -2.10. The van der Waals surface area contributed by atoms with E-state index in [4.69, 9.17) is 9.47 Å². The van der Waals surface area contributed by atoms with Crippen LogP contribution in [0.15, 0.2) is 5.51 Å². The molecule has 0 spiro atoms. The largest absolute Gasteiger partial charge is 0.456 e. The second-order valence-electron chi connectivity index (χ2n) is 2.94. The van der Waals surface area contributed by atoms with Crippen molar-refractivity contribution in [2.75, 3.05) is 13.7 Å². The summed E-state index contributed by atoms with van der Waals surface area (Å²) >= 11 is 1.29. The number of thiazole rings is 1. The Morgan fingerprint density at radius 2 is 2.43 bits per heavy atom. The Labute approximate surface area is 86.9 Å². The van der Waals surface area contributed by atoms with E-state index in [2.05, 4.69) is 4.98 Å². The molecule has 0 saturated carbocycles. The molecule has 0 aliphatic heterocycles. The maximum atomic E-state index is 11.5. The summed E-state index contributed by atoms with van der Waals surface area (Å²) in [6.45, 7) is 3.98. The van der Waals surface area contributed by atoms with Crippen LogP contribution in [0.4, 0.5) is 0 Å². The van der Waals surface area contributed by atoms with Crippen LogP contribution in [0.25, 0.3) is 0 Å². The summed E-state index contributed by atoms with van der Waals surface area (Å²) in [5.74, 6) is -0.324. The summed E-state index contributed by atoms with van der Waals surface area (Å²) in [4.78, 5) is 16.0. The van der Waals surface area contributed by atoms with E-state index >= 15 is 0 Å². The molecule has 1 atom stereocenters. The van der Waals surface area contributed by atoms with Gasteiger partial charge in [-0.1, -0.05) is 0 Å². The molecule has 5 heteroatoms. The highest BCUT2D eigenvalue weighted by Gasteiger charge is 2.15. The molecule has 0 amide bonds. The standard InChI is InChI=1S/C9H13NO3S/c1-6(4-12-3)13-9(11)8-7(2)10-5-14-8/h5-6H,4H2,1-3H3. The summed E-state index contributed by atoms with van der Waals surface area (Å²) in [6, 6.07) is 0. The molecule has 1 unspecified atom stereocenters. The normalized spacial score (nSPS) is 12.5. The van der Waals surface area contributed by atoms with Gasteiger partial charge in [0.25, 0.3) is 0 Å². The third-order valence-electron chi connectivity index (χ3n) is 1.64. The van der Waals surface area contributed by atoms with Crippen LogP contribution in [0.5, 0.6) is 0 Å². The number of hydrogen-bond donors (Lipinski definition) is 0. The maximum absolute atomic E-state index is 11.5. The molecule has 14 heavy (non-hydrogen) atoms. The highest BCUT2D eigenvalue weighted by atomic mass is 32.1. The molecule has 1 rings (SSSR count). The van der Waals surface area contributed by atoms with Crippen LogP contribution in [-0.4, -0.2) is 30.8 Å². The van der Waals surface area contributed by atoms with E-state index in [0.717, 1.165) is 0 Å². The van der Waals surface area contributed by atoms with Gasteiger partial charge in [0.2, 0.25) is 0 Å². The summed E-state index contributed by atoms with van der Waals surface area (Å²) in [6.07, 6.45) is -0.228. The van der Waals surface area contributed by atoms with Crippen molar-refractivity contribution < 1.29 is 14.3 Å². The zero-order valence-corrected chi connectivity index (χ0v) is 9.26. The first-order valence-corrected chi connectivity index (χ1v) is 5.13. The summed E-state index contributed by atoms with van der Waals surface area (Å²) in [7, 11) is 1.57. The van der Waals surface area contributed by atoms with E-state index in [-0.39, 0.29) is 12.1 Å². The van der Waals surface area contributed by atoms with Gasteiger partial charge in [-0.3, -0.25) is 0 Å². The fraction of sp³-hybridized carbons (Fsp3) is 0.556. The first-order chi connectivity index (χ1) is 6.65. The molecule has 1 aromatic heterocycles. The van der Waals surface area contributed by atoms with Gasteiger partial charge in [0, 0.05) is 7.11 Å². The van der Waals surface area contributed by atoms with Crippen LogP contribution in [0.3, 0.4) is 0 Å². The molecule has 0 aliphatic carbocycles. The van der Waals surface area contributed by atoms with Crippen LogP contribution in [0.1, 0.15) is 22.3 Å². The molecule has 4 nitrogen and oxygen atoms in total. The number of esters is 1. The average molecular weight is 215 g/mol. The van der Waals surface area contributed by atoms with Crippen molar-refractivity contribution in [2.24, 2.45) is 0 Å². The molecule has 78 valence electrons. The van der Waals surface area contributed by atoms with Gasteiger partial charge in [-0.05, 0) is 13.8 Å². The molecule has 0 bridgehead atoms. The van der Waals surface area contributed by atoms with E-state index in [1.54, 1.807) is 26.5 Å². The van der Waals surface area contributed by atoms with E-state index < -0.39 is 0 Å². The van der Waals surface area contributed by atoms with Crippen molar-refractivity contribution in [3.05, 3.63) is 16.1 Å². The van der Waals surface area contributed by atoms with E-state index in [9.17, 15) is 4.79 Å². The molecule has 0 radical (unpaired) electrons. The van der Waals surface area contributed by atoms with E-state index in [1.165, 1.54) is 11.3 Å². The fourth-order valence-corrected chi connectivity index (χ4v) is 1.69. The molecular weight excluding hydrogens is 202 g/mol. The lowest BCUT2D eigenvalue weighted by Crippen LogP contribution is -2.19. The average Bonchev–Trinajstić information content (AvgIpc) is 2.51. The number of methoxy groups -OCH3 is 1. The maximum Gasteiger partial charge on any atom is 0.350 e. The third kappa shape index (κ3) is 2.78. The summed E-state index contributed by atoms with van der Waals surface area (Å²) < 4.78 is 9.99. The van der Waals surface area contributed by atoms with Gasteiger partial charge in [-0.15, -0.1) is 11.3 Å². The smallest absolute Gasteiger partial charge is 0.350 e. The van der Waals surface area contributed by atoms with Gasteiger partial charge in [0.05, 0.1) is 17.8 Å². The molecule has 0 aliphatic rings. The molecule has 1 aromatic rings. The Morgan fingerprint density at radius 1 is 1.71 bits per heavy atom. The van der Waals surface area contributed by atoms with Gasteiger partial charge in [0.1, 0.15) is 11.0 Å².